The molecule has 2 aromatic carbocycles. The zero-order valence-corrected chi connectivity index (χ0v) is 15.9. The van der Waals surface area contributed by atoms with Crippen LogP contribution in [-0.4, -0.2) is 20.1 Å². The minimum absolute atomic E-state index is 0.00379. The molecule has 2 aromatic rings. The minimum atomic E-state index is -1.90. The van der Waals surface area contributed by atoms with Gasteiger partial charge in [-0.25, -0.2) is 0 Å². The van der Waals surface area contributed by atoms with E-state index >= 15 is 0 Å². The topological polar surface area (TPSA) is 26.3 Å². The monoisotopic (exact) mass is 338 g/mol. The lowest BCUT2D eigenvalue weighted by atomic mass is 10.0. The van der Waals surface area contributed by atoms with Gasteiger partial charge in [0.2, 0.25) is 0 Å². The molecule has 0 spiro atoms. The summed E-state index contributed by atoms with van der Waals surface area (Å²) in [5.74, 6) is -0.0514. The van der Waals surface area contributed by atoms with Gasteiger partial charge in [-0.2, -0.15) is 0 Å². The van der Waals surface area contributed by atoms with Crippen LogP contribution in [0.2, 0.25) is 18.6 Å². The summed E-state index contributed by atoms with van der Waals surface area (Å²) < 4.78 is 5.59. The number of hydrogen-bond acceptors (Lipinski definition) is 2. The standard InChI is InChI=1S/C21H26O2Si/c1-15-19(16(2)23-21(15)22)24(3,4)20(17-11-7-5-8-12-17)18-13-9-6-10-14-18/h5-16,19-20H,1-4H3/t15-,16+,19-/m1/s1. The first kappa shape index (κ1) is 17.0. The predicted octanol–water partition coefficient (Wildman–Crippen LogP) is 5.02. The molecule has 1 aliphatic rings. The summed E-state index contributed by atoms with van der Waals surface area (Å²) >= 11 is 0. The van der Waals surface area contributed by atoms with E-state index in [0.29, 0.717) is 11.1 Å². The van der Waals surface area contributed by atoms with Crippen LogP contribution in [0.15, 0.2) is 60.7 Å². The average Bonchev–Trinajstić information content (AvgIpc) is 2.82. The Morgan fingerprint density at radius 3 is 1.71 bits per heavy atom. The lowest BCUT2D eigenvalue weighted by Gasteiger charge is -2.40. The third kappa shape index (κ3) is 2.93. The molecular weight excluding hydrogens is 312 g/mol. The fourth-order valence-electron chi connectivity index (χ4n) is 4.70. The Kier molecular flexibility index (Phi) is 4.64. The van der Waals surface area contributed by atoms with Gasteiger partial charge < -0.3 is 4.74 Å². The molecule has 0 bridgehead atoms. The number of carbonyl (C=O) groups is 1. The molecule has 0 aliphatic carbocycles. The van der Waals surface area contributed by atoms with E-state index in [1.165, 1.54) is 11.1 Å². The Bertz CT molecular complexity index is 657. The molecule has 1 saturated heterocycles. The van der Waals surface area contributed by atoms with E-state index in [1.807, 2.05) is 6.92 Å². The average molecular weight is 339 g/mol. The van der Waals surface area contributed by atoms with E-state index in [-0.39, 0.29) is 18.0 Å². The number of hydrogen-bond donors (Lipinski definition) is 0. The molecule has 24 heavy (non-hydrogen) atoms. The summed E-state index contributed by atoms with van der Waals surface area (Å²) in [7, 11) is -1.90. The number of rotatable bonds is 4. The predicted molar refractivity (Wildman–Crippen MR) is 101 cm³/mol. The molecule has 0 amide bonds. The largest absolute Gasteiger partial charge is 0.462 e. The Balaban J connectivity index is 2.10. The van der Waals surface area contributed by atoms with Crippen LogP contribution in [0.4, 0.5) is 0 Å². The van der Waals surface area contributed by atoms with Crippen LogP contribution < -0.4 is 0 Å². The third-order valence-corrected chi connectivity index (χ3v) is 10.4. The van der Waals surface area contributed by atoms with Crippen molar-refractivity contribution in [2.45, 2.75) is 44.1 Å². The van der Waals surface area contributed by atoms with Crippen molar-refractivity contribution in [3.63, 3.8) is 0 Å². The van der Waals surface area contributed by atoms with Crippen LogP contribution in [0.3, 0.4) is 0 Å². The summed E-state index contributed by atoms with van der Waals surface area (Å²) in [6.45, 7) is 8.93. The maximum absolute atomic E-state index is 12.1. The molecule has 0 radical (unpaired) electrons. The molecule has 126 valence electrons. The van der Waals surface area contributed by atoms with Crippen molar-refractivity contribution in [1.82, 2.24) is 0 Å². The smallest absolute Gasteiger partial charge is 0.309 e. The highest BCUT2D eigenvalue weighted by atomic mass is 28.3. The fourth-order valence-corrected chi connectivity index (χ4v) is 9.89. The molecule has 0 N–H and O–H groups in total. The molecule has 0 saturated carbocycles. The van der Waals surface area contributed by atoms with Gasteiger partial charge in [0.05, 0.1) is 14.0 Å². The number of esters is 1. The molecule has 3 heteroatoms. The number of benzene rings is 2. The zero-order chi connectivity index (χ0) is 17.3. The van der Waals surface area contributed by atoms with Crippen LogP contribution >= 0.6 is 0 Å². The lowest BCUT2D eigenvalue weighted by Crippen LogP contribution is -2.45. The molecule has 2 nitrogen and oxygen atoms in total. The van der Waals surface area contributed by atoms with E-state index in [9.17, 15) is 4.79 Å². The van der Waals surface area contributed by atoms with Gasteiger partial charge in [-0.05, 0) is 18.1 Å². The Labute approximate surface area is 145 Å². The summed E-state index contributed by atoms with van der Waals surface area (Å²) in [5, 5.41) is 0. The number of ether oxygens (including phenoxy) is 1. The Morgan fingerprint density at radius 1 is 0.875 bits per heavy atom. The summed E-state index contributed by atoms with van der Waals surface area (Å²) in [6.07, 6.45) is 0.00379. The zero-order valence-electron chi connectivity index (χ0n) is 14.9. The summed E-state index contributed by atoms with van der Waals surface area (Å²) in [4.78, 5) is 12.1. The van der Waals surface area contributed by atoms with Crippen molar-refractivity contribution >= 4 is 14.0 Å². The molecule has 3 atom stereocenters. The fraction of sp³-hybridized carbons (Fsp3) is 0.381. The van der Waals surface area contributed by atoms with Crippen LogP contribution in [0.25, 0.3) is 0 Å². The van der Waals surface area contributed by atoms with E-state index in [2.05, 4.69) is 80.7 Å². The first-order valence-corrected chi connectivity index (χ1v) is 11.9. The molecular formula is C21H26O2Si. The molecule has 1 heterocycles. The highest BCUT2D eigenvalue weighted by molar-refractivity contribution is 6.81. The highest BCUT2D eigenvalue weighted by Crippen LogP contribution is 2.48. The van der Waals surface area contributed by atoms with Gasteiger partial charge in [0.1, 0.15) is 6.10 Å². The maximum Gasteiger partial charge on any atom is 0.309 e. The number of cyclic esters (lactones) is 1. The second-order valence-corrected chi connectivity index (χ2v) is 12.4. The second kappa shape index (κ2) is 6.56. The number of carbonyl (C=O) groups excluding carboxylic acids is 1. The van der Waals surface area contributed by atoms with Gasteiger partial charge in [0.25, 0.3) is 0 Å². The minimum Gasteiger partial charge on any atom is -0.462 e. The SMILES string of the molecule is C[C@@H]1OC(=O)[C@H](C)[C@H]1[Si](C)(C)C(c1ccccc1)c1ccccc1. The first-order chi connectivity index (χ1) is 11.4. The van der Waals surface area contributed by atoms with Crippen molar-refractivity contribution < 1.29 is 9.53 Å². The van der Waals surface area contributed by atoms with Gasteiger partial charge in [-0.3, -0.25) is 4.79 Å². The highest BCUT2D eigenvalue weighted by Gasteiger charge is 2.52. The van der Waals surface area contributed by atoms with Crippen molar-refractivity contribution in [3.05, 3.63) is 71.8 Å². The van der Waals surface area contributed by atoms with Crippen molar-refractivity contribution in [2.24, 2.45) is 5.92 Å². The second-order valence-electron chi connectivity index (χ2n) is 7.53. The summed E-state index contributed by atoms with van der Waals surface area (Å²) in [5.41, 5.74) is 3.36. The van der Waals surface area contributed by atoms with E-state index in [1.54, 1.807) is 0 Å². The first-order valence-electron chi connectivity index (χ1n) is 8.73. The third-order valence-electron chi connectivity index (χ3n) is 5.59. The van der Waals surface area contributed by atoms with Crippen LogP contribution in [0, 0.1) is 5.92 Å². The van der Waals surface area contributed by atoms with Crippen molar-refractivity contribution in [3.8, 4) is 0 Å². The normalized spacial score (nSPS) is 24.2. The van der Waals surface area contributed by atoms with Gasteiger partial charge in [-0.15, -0.1) is 0 Å². The van der Waals surface area contributed by atoms with Crippen LogP contribution in [-0.2, 0) is 9.53 Å². The summed E-state index contributed by atoms with van der Waals surface area (Å²) in [6, 6.07) is 21.5. The van der Waals surface area contributed by atoms with Crippen LogP contribution in [0.5, 0.6) is 0 Å². The van der Waals surface area contributed by atoms with E-state index in [4.69, 9.17) is 4.74 Å². The van der Waals surface area contributed by atoms with Crippen molar-refractivity contribution in [2.75, 3.05) is 0 Å². The molecule has 3 rings (SSSR count). The molecule has 1 fully saturated rings. The lowest BCUT2D eigenvalue weighted by molar-refractivity contribution is -0.143. The van der Waals surface area contributed by atoms with Crippen molar-refractivity contribution in [1.29, 1.82) is 0 Å². The molecule has 0 unspecified atom stereocenters. The van der Waals surface area contributed by atoms with Gasteiger partial charge in [0, 0.05) is 11.1 Å². The van der Waals surface area contributed by atoms with E-state index < -0.39 is 8.07 Å². The maximum atomic E-state index is 12.1. The Morgan fingerprint density at radius 2 is 1.33 bits per heavy atom. The Hall–Kier alpha value is -1.87. The van der Waals surface area contributed by atoms with Gasteiger partial charge in [0.15, 0.2) is 0 Å². The van der Waals surface area contributed by atoms with Gasteiger partial charge in [-0.1, -0.05) is 80.7 Å². The quantitative estimate of drug-likeness (QED) is 0.578. The molecule has 0 aromatic heterocycles. The van der Waals surface area contributed by atoms with Gasteiger partial charge >= 0.3 is 5.97 Å². The van der Waals surface area contributed by atoms with E-state index in [0.717, 1.165) is 0 Å². The van der Waals surface area contributed by atoms with Crippen LogP contribution in [0.1, 0.15) is 30.5 Å². The molecule has 1 aliphatic heterocycles.